The second-order valence-electron chi connectivity index (χ2n) is 4.48. The van der Waals surface area contributed by atoms with Crippen LogP contribution in [0, 0.1) is 0 Å². The van der Waals surface area contributed by atoms with Gasteiger partial charge in [0.15, 0.2) is 0 Å². The molecule has 4 heteroatoms. The van der Waals surface area contributed by atoms with Crippen molar-refractivity contribution in [2.45, 2.75) is 43.7 Å². The van der Waals surface area contributed by atoms with Gasteiger partial charge in [0.05, 0.1) is 11.6 Å². The number of rotatable bonds is 3. The molecule has 88 valence electrons. The molecule has 1 fully saturated rings. The predicted molar refractivity (Wildman–Crippen MR) is 61.8 cm³/mol. The highest BCUT2D eigenvalue weighted by Crippen LogP contribution is 2.39. The number of aromatic nitrogens is 2. The zero-order valence-electron chi connectivity index (χ0n) is 9.72. The first-order chi connectivity index (χ1) is 7.78. The van der Waals surface area contributed by atoms with Gasteiger partial charge in [-0.15, -0.1) is 0 Å². The van der Waals surface area contributed by atoms with Crippen LogP contribution in [0.25, 0.3) is 0 Å². The van der Waals surface area contributed by atoms with Crippen LogP contribution >= 0.6 is 0 Å². The summed E-state index contributed by atoms with van der Waals surface area (Å²) in [5.74, 6) is 0. The Morgan fingerprint density at radius 1 is 1.25 bits per heavy atom. The van der Waals surface area contributed by atoms with Gasteiger partial charge in [0.25, 0.3) is 0 Å². The van der Waals surface area contributed by atoms with Crippen molar-refractivity contribution in [2.24, 2.45) is 5.73 Å². The van der Waals surface area contributed by atoms with E-state index in [-0.39, 0.29) is 11.6 Å². The molecule has 0 amide bonds. The molecule has 0 aromatic carbocycles. The highest BCUT2D eigenvalue weighted by atomic mass is 16.5. The van der Waals surface area contributed by atoms with Crippen molar-refractivity contribution in [3.8, 4) is 0 Å². The Hall–Kier alpha value is -1.00. The fourth-order valence-corrected chi connectivity index (χ4v) is 2.57. The zero-order chi connectivity index (χ0) is 11.4. The summed E-state index contributed by atoms with van der Waals surface area (Å²) >= 11 is 0. The minimum atomic E-state index is -0.219. The van der Waals surface area contributed by atoms with E-state index in [9.17, 15) is 0 Å². The van der Waals surface area contributed by atoms with E-state index in [4.69, 9.17) is 10.5 Å². The highest BCUT2D eigenvalue weighted by molar-refractivity contribution is 5.15. The van der Waals surface area contributed by atoms with E-state index >= 15 is 0 Å². The molecular weight excluding hydrogens is 202 g/mol. The lowest BCUT2D eigenvalue weighted by Gasteiger charge is -2.40. The summed E-state index contributed by atoms with van der Waals surface area (Å²) in [5, 5.41) is 0. The second kappa shape index (κ2) is 4.89. The summed E-state index contributed by atoms with van der Waals surface area (Å²) in [6, 6.07) is -0.126. The number of ether oxygens (including phenoxy) is 1. The standard InChI is InChI=1S/C12H19N3O/c1-16-12(5-3-2-4-6-12)11(13)10-7-14-9-15-8-10/h7-9,11H,2-6,13H2,1H3. The molecule has 1 heterocycles. The van der Waals surface area contributed by atoms with Gasteiger partial charge < -0.3 is 10.5 Å². The third kappa shape index (κ3) is 2.08. The summed E-state index contributed by atoms with van der Waals surface area (Å²) in [6.07, 6.45) is 10.8. The van der Waals surface area contributed by atoms with Gasteiger partial charge in [-0.25, -0.2) is 9.97 Å². The van der Waals surface area contributed by atoms with E-state index in [1.807, 2.05) is 0 Å². The van der Waals surface area contributed by atoms with Crippen molar-refractivity contribution in [3.05, 3.63) is 24.3 Å². The molecule has 1 aromatic heterocycles. The molecule has 0 aliphatic heterocycles. The summed E-state index contributed by atoms with van der Waals surface area (Å²) in [4.78, 5) is 8.04. The van der Waals surface area contributed by atoms with E-state index in [2.05, 4.69) is 9.97 Å². The molecule has 0 spiro atoms. The summed E-state index contributed by atoms with van der Waals surface area (Å²) in [7, 11) is 1.76. The van der Waals surface area contributed by atoms with Gasteiger partial charge >= 0.3 is 0 Å². The van der Waals surface area contributed by atoms with Crippen molar-refractivity contribution in [2.75, 3.05) is 7.11 Å². The van der Waals surface area contributed by atoms with Gasteiger partial charge in [0, 0.05) is 25.1 Å². The Kier molecular flexibility index (Phi) is 3.51. The van der Waals surface area contributed by atoms with Crippen molar-refractivity contribution < 1.29 is 4.74 Å². The van der Waals surface area contributed by atoms with E-state index in [0.29, 0.717) is 0 Å². The first-order valence-corrected chi connectivity index (χ1v) is 5.84. The van der Waals surface area contributed by atoms with Gasteiger partial charge in [0.2, 0.25) is 0 Å². The molecule has 0 saturated heterocycles. The second-order valence-corrected chi connectivity index (χ2v) is 4.48. The van der Waals surface area contributed by atoms with Crippen molar-refractivity contribution in [1.29, 1.82) is 0 Å². The summed E-state index contributed by atoms with van der Waals surface area (Å²) in [6.45, 7) is 0. The van der Waals surface area contributed by atoms with Crippen LogP contribution in [0.5, 0.6) is 0 Å². The average Bonchev–Trinajstić information content (AvgIpc) is 2.39. The lowest BCUT2D eigenvalue weighted by Crippen LogP contribution is -2.44. The minimum Gasteiger partial charge on any atom is -0.376 e. The van der Waals surface area contributed by atoms with Crippen molar-refractivity contribution in [3.63, 3.8) is 0 Å². The van der Waals surface area contributed by atoms with Crippen LogP contribution < -0.4 is 5.73 Å². The molecule has 1 aliphatic rings. The smallest absolute Gasteiger partial charge is 0.115 e. The third-order valence-electron chi connectivity index (χ3n) is 3.61. The van der Waals surface area contributed by atoms with E-state index in [1.54, 1.807) is 19.5 Å². The van der Waals surface area contributed by atoms with Crippen LogP contribution in [0.15, 0.2) is 18.7 Å². The number of hydrogen-bond donors (Lipinski definition) is 1. The molecule has 1 unspecified atom stereocenters. The minimum absolute atomic E-state index is 0.126. The lowest BCUT2D eigenvalue weighted by molar-refractivity contribution is -0.0596. The normalized spacial score (nSPS) is 21.6. The molecule has 2 N–H and O–H groups in total. The Morgan fingerprint density at radius 3 is 2.44 bits per heavy atom. The van der Waals surface area contributed by atoms with Crippen molar-refractivity contribution >= 4 is 0 Å². The van der Waals surface area contributed by atoms with Crippen LogP contribution in [0.4, 0.5) is 0 Å². The fourth-order valence-electron chi connectivity index (χ4n) is 2.57. The zero-order valence-corrected chi connectivity index (χ0v) is 9.72. The first kappa shape index (κ1) is 11.5. The topological polar surface area (TPSA) is 61.0 Å². The molecule has 1 atom stereocenters. The molecule has 16 heavy (non-hydrogen) atoms. The quantitative estimate of drug-likeness (QED) is 0.845. The molecule has 0 bridgehead atoms. The van der Waals surface area contributed by atoms with Crippen LogP contribution in [-0.2, 0) is 4.74 Å². The maximum Gasteiger partial charge on any atom is 0.115 e. The molecule has 2 rings (SSSR count). The van der Waals surface area contributed by atoms with Crippen LogP contribution in [0.3, 0.4) is 0 Å². The molecule has 0 radical (unpaired) electrons. The maximum atomic E-state index is 6.31. The van der Waals surface area contributed by atoms with Gasteiger partial charge in [0.1, 0.15) is 6.33 Å². The monoisotopic (exact) mass is 221 g/mol. The van der Waals surface area contributed by atoms with E-state index in [0.717, 1.165) is 18.4 Å². The number of nitrogens with zero attached hydrogens (tertiary/aromatic N) is 2. The molecule has 4 nitrogen and oxygen atoms in total. The number of methoxy groups -OCH3 is 1. The van der Waals surface area contributed by atoms with Crippen LogP contribution in [0.1, 0.15) is 43.7 Å². The molecule has 1 aliphatic carbocycles. The van der Waals surface area contributed by atoms with Gasteiger partial charge in [-0.1, -0.05) is 19.3 Å². The van der Waals surface area contributed by atoms with Crippen molar-refractivity contribution in [1.82, 2.24) is 9.97 Å². The largest absolute Gasteiger partial charge is 0.376 e. The van der Waals surface area contributed by atoms with E-state index < -0.39 is 0 Å². The van der Waals surface area contributed by atoms with Crippen LogP contribution in [-0.4, -0.2) is 22.7 Å². The summed E-state index contributed by atoms with van der Waals surface area (Å²) in [5.41, 5.74) is 7.06. The number of hydrogen-bond acceptors (Lipinski definition) is 4. The fraction of sp³-hybridized carbons (Fsp3) is 0.667. The van der Waals surface area contributed by atoms with E-state index in [1.165, 1.54) is 25.6 Å². The predicted octanol–water partition coefficient (Wildman–Crippen LogP) is 1.83. The maximum absolute atomic E-state index is 6.31. The highest BCUT2D eigenvalue weighted by Gasteiger charge is 2.39. The Balaban J connectivity index is 2.20. The SMILES string of the molecule is COC1(C(N)c2cncnc2)CCCCC1. The first-order valence-electron chi connectivity index (χ1n) is 5.84. The molecule has 1 saturated carbocycles. The van der Waals surface area contributed by atoms with Crippen LogP contribution in [0.2, 0.25) is 0 Å². The molecular formula is C12H19N3O. The third-order valence-corrected chi connectivity index (χ3v) is 3.61. The van der Waals surface area contributed by atoms with Gasteiger partial charge in [-0.05, 0) is 12.8 Å². The Bertz CT molecular complexity index is 322. The summed E-state index contributed by atoms with van der Waals surface area (Å²) < 4.78 is 5.71. The van der Waals surface area contributed by atoms with Gasteiger partial charge in [-0.3, -0.25) is 0 Å². The van der Waals surface area contributed by atoms with Gasteiger partial charge in [-0.2, -0.15) is 0 Å². The Labute approximate surface area is 96.2 Å². The lowest BCUT2D eigenvalue weighted by atomic mass is 9.77. The Morgan fingerprint density at radius 2 is 1.88 bits per heavy atom. The molecule has 1 aromatic rings. The average molecular weight is 221 g/mol. The number of nitrogens with two attached hydrogens (primary N) is 1.